The van der Waals surface area contributed by atoms with Crippen molar-refractivity contribution in [1.82, 2.24) is 10.3 Å². The van der Waals surface area contributed by atoms with E-state index in [0.717, 1.165) is 62.8 Å². The molecule has 148 valence electrons. The number of pyridine rings is 1. The summed E-state index contributed by atoms with van der Waals surface area (Å²) in [6, 6.07) is 3.28. The first-order valence-electron chi connectivity index (χ1n) is 9.80. The highest BCUT2D eigenvalue weighted by Crippen LogP contribution is 2.36. The molecule has 1 aliphatic heterocycles. The van der Waals surface area contributed by atoms with E-state index in [9.17, 15) is 0 Å². The molecule has 7 heteroatoms. The van der Waals surface area contributed by atoms with Gasteiger partial charge in [-0.25, -0.2) is 0 Å². The number of nitrogens with zero attached hydrogens (tertiary/aromatic N) is 1. The summed E-state index contributed by atoms with van der Waals surface area (Å²) >= 11 is 12.9. The quantitative estimate of drug-likeness (QED) is 0.511. The number of ether oxygens (including phenoxy) is 1. The normalized spacial score (nSPS) is 17.4. The van der Waals surface area contributed by atoms with Crippen molar-refractivity contribution in [3.05, 3.63) is 28.0 Å². The third-order valence-electron chi connectivity index (χ3n) is 5.64. The molecule has 4 nitrogen and oxygen atoms in total. The Morgan fingerprint density at radius 2 is 1.73 bits per heavy atom. The molecule has 0 aliphatic carbocycles. The SMILES string of the molecule is CC[Si](CC)(CC)OC(CNCC1CCOCC1)c1c(Cl)cncc1Cl. The van der Waals surface area contributed by atoms with Gasteiger partial charge in [-0.1, -0.05) is 44.0 Å². The van der Waals surface area contributed by atoms with Crippen molar-refractivity contribution in [3.63, 3.8) is 0 Å². The Morgan fingerprint density at radius 1 is 1.15 bits per heavy atom. The molecule has 1 saturated heterocycles. The van der Waals surface area contributed by atoms with Crippen LogP contribution in [0.3, 0.4) is 0 Å². The van der Waals surface area contributed by atoms with E-state index in [1.165, 1.54) is 0 Å². The number of nitrogens with one attached hydrogen (secondary N) is 1. The molecule has 1 atom stereocenters. The predicted octanol–water partition coefficient (Wildman–Crippen LogP) is 5.47. The lowest BCUT2D eigenvalue weighted by Gasteiger charge is -2.34. The van der Waals surface area contributed by atoms with Gasteiger partial charge in [-0.3, -0.25) is 4.98 Å². The fourth-order valence-corrected chi connectivity index (χ4v) is 7.02. The predicted molar refractivity (Wildman–Crippen MR) is 112 cm³/mol. The summed E-state index contributed by atoms with van der Waals surface area (Å²) in [6.07, 6.45) is 5.42. The van der Waals surface area contributed by atoms with Crippen LogP contribution in [0.25, 0.3) is 0 Å². The van der Waals surface area contributed by atoms with Gasteiger partial charge in [0.15, 0.2) is 8.32 Å². The molecule has 0 aromatic carbocycles. The van der Waals surface area contributed by atoms with Crippen LogP contribution in [0.5, 0.6) is 0 Å². The first-order valence-corrected chi connectivity index (χ1v) is 13.1. The van der Waals surface area contributed by atoms with Crippen molar-refractivity contribution in [2.75, 3.05) is 26.3 Å². The van der Waals surface area contributed by atoms with Gasteiger partial charge in [0.2, 0.25) is 0 Å². The Bertz CT molecular complexity index is 524. The highest BCUT2D eigenvalue weighted by atomic mass is 35.5. The summed E-state index contributed by atoms with van der Waals surface area (Å²) in [5, 5.41) is 4.78. The number of hydrogen-bond donors (Lipinski definition) is 1. The van der Waals surface area contributed by atoms with Gasteiger partial charge in [0.1, 0.15) is 0 Å². The van der Waals surface area contributed by atoms with Crippen LogP contribution in [-0.2, 0) is 9.16 Å². The van der Waals surface area contributed by atoms with Gasteiger partial charge in [0, 0.05) is 37.7 Å². The van der Waals surface area contributed by atoms with E-state index >= 15 is 0 Å². The molecule has 0 bridgehead atoms. The fourth-order valence-electron chi connectivity index (χ4n) is 3.60. The van der Waals surface area contributed by atoms with Crippen molar-refractivity contribution in [1.29, 1.82) is 0 Å². The Balaban J connectivity index is 2.12. The third-order valence-corrected chi connectivity index (χ3v) is 10.9. The summed E-state index contributed by atoms with van der Waals surface area (Å²) in [7, 11) is -1.80. The molecule has 0 amide bonds. The van der Waals surface area contributed by atoms with Crippen LogP contribution in [-0.4, -0.2) is 39.6 Å². The second-order valence-corrected chi connectivity index (χ2v) is 12.6. The molecular formula is C19H32Cl2N2O2Si. The first-order chi connectivity index (χ1) is 12.5. The highest BCUT2D eigenvalue weighted by molar-refractivity contribution is 6.73. The molecule has 1 unspecified atom stereocenters. The van der Waals surface area contributed by atoms with Crippen molar-refractivity contribution < 1.29 is 9.16 Å². The summed E-state index contributed by atoms with van der Waals surface area (Å²) in [5.41, 5.74) is 0.870. The number of rotatable bonds is 10. The van der Waals surface area contributed by atoms with Gasteiger partial charge in [-0.15, -0.1) is 0 Å². The fraction of sp³-hybridized carbons (Fsp3) is 0.737. The topological polar surface area (TPSA) is 43.4 Å². The lowest BCUT2D eigenvalue weighted by molar-refractivity contribution is 0.0651. The minimum absolute atomic E-state index is 0.135. The molecule has 26 heavy (non-hydrogen) atoms. The monoisotopic (exact) mass is 418 g/mol. The smallest absolute Gasteiger partial charge is 0.192 e. The molecule has 0 radical (unpaired) electrons. The Hall–Kier alpha value is -0.173. The van der Waals surface area contributed by atoms with E-state index in [4.69, 9.17) is 32.4 Å². The van der Waals surface area contributed by atoms with Crippen molar-refractivity contribution >= 4 is 31.5 Å². The van der Waals surface area contributed by atoms with E-state index < -0.39 is 8.32 Å². The van der Waals surface area contributed by atoms with Gasteiger partial charge in [-0.05, 0) is 43.4 Å². The summed E-state index contributed by atoms with van der Waals surface area (Å²) in [5.74, 6) is 0.665. The molecule has 2 rings (SSSR count). The minimum atomic E-state index is -1.80. The van der Waals surface area contributed by atoms with E-state index in [1.807, 2.05) is 0 Å². The Labute approximate surface area is 169 Å². The van der Waals surface area contributed by atoms with Crippen LogP contribution < -0.4 is 5.32 Å². The van der Waals surface area contributed by atoms with Crippen LogP contribution >= 0.6 is 23.2 Å². The molecule has 1 aromatic heterocycles. The average Bonchev–Trinajstić information content (AvgIpc) is 2.66. The van der Waals surface area contributed by atoms with E-state index in [0.29, 0.717) is 16.0 Å². The maximum absolute atomic E-state index is 6.78. The Morgan fingerprint density at radius 3 is 2.27 bits per heavy atom. The molecule has 1 aromatic rings. The van der Waals surface area contributed by atoms with Crippen molar-refractivity contribution in [3.8, 4) is 0 Å². The minimum Gasteiger partial charge on any atom is -0.409 e. The van der Waals surface area contributed by atoms with Crippen LogP contribution in [0.2, 0.25) is 28.2 Å². The van der Waals surface area contributed by atoms with Gasteiger partial charge < -0.3 is 14.5 Å². The summed E-state index contributed by atoms with van der Waals surface area (Å²) in [4.78, 5) is 4.10. The molecule has 0 spiro atoms. The number of aromatic nitrogens is 1. The van der Waals surface area contributed by atoms with E-state index in [2.05, 4.69) is 31.1 Å². The second-order valence-electron chi connectivity index (χ2n) is 7.08. The molecule has 0 saturated carbocycles. The standard InChI is InChI=1S/C19H32Cl2N2O2Si/c1-4-26(5-2,6-3)25-18(19-16(20)12-23-13-17(19)21)14-22-11-15-7-9-24-10-8-15/h12-13,15,18,22H,4-11,14H2,1-3H3. The molecule has 1 aliphatic rings. The summed E-state index contributed by atoms with van der Waals surface area (Å²) < 4.78 is 12.2. The second kappa shape index (κ2) is 11.0. The van der Waals surface area contributed by atoms with Gasteiger partial charge in [-0.2, -0.15) is 0 Å². The van der Waals surface area contributed by atoms with E-state index in [-0.39, 0.29) is 6.10 Å². The first kappa shape index (κ1) is 22.1. The summed E-state index contributed by atoms with van der Waals surface area (Å²) in [6.45, 7) is 10.1. The van der Waals surface area contributed by atoms with Crippen molar-refractivity contribution in [2.45, 2.75) is 57.8 Å². The van der Waals surface area contributed by atoms with Crippen LogP contribution in [0.15, 0.2) is 12.4 Å². The van der Waals surface area contributed by atoms with Crippen LogP contribution in [0, 0.1) is 5.92 Å². The zero-order valence-electron chi connectivity index (χ0n) is 16.2. The highest BCUT2D eigenvalue weighted by Gasteiger charge is 2.34. The zero-order chi connectivity index (χ0) is 19.0. The van der Waals surface area contributed by atoms with Gasteiger partial charge in [0.25, 0.3) is 0 Å². The number of halogens is 2. The van der Waals surface area contributed by atoms with Gasteiger partial charge in [0.05, 0.1) is 16.1 Å². The van der Waals surface area contributed by atoms with Gasteiger partial charge >= 0.3 is 0 Å². The maximum atomic E-state index is 6.78. The lowest BCUT2D eigenvalue weighted by Crippen LogP contribution is -2.40. The molecular weight excluding hydrogens is 387 g/mol. The number of hydrogen-bond acceptors (Lipinski definition) is 4. The van der Waals surface area contributed by atoms with Crippen LogP contribution in [0.4, 0.5) is 0 Å². The lowest BCUT2D eigenvalue weighted by atomic mass is 10.0. The molecule has 1 fully saturated rings. The van der Waals surface area contributed by atoms with Crippen LogP contribution in [0.1, 0.15) is 45.3 Å². The Kier molecular flexibility index (Phi) is 9.34. The average molecular weight is 419 g/mol. The largest absolute Gasteiger partial charge is 0.409 e. The zero-order valence-corrected chi connectivity index (χ0v) is 18.7. The maximum Gasteiger partial charge on any atom is 0.192 e. The van der Waals surface area contributed by atoms with Crippen molar-refractivity contribution in [2.24, 2.45) is 5.92 Å². The third kappa shape index (κ3) is 5.91. The molecule has 2 heterocycles. The van der Waals surface area contributed by atoms with E-state index in [1.54, 1.807) is 12.4 Å². The molecule has 1 N–H and O–H groups in total.